The third kappa shape index (κ3) is 5.41. The predicted octanol–water partition coefficient (Wildman–Crippen LogP) is 3.65. The summed E-state index contributed by atoms with van der Waals surface area (Å²) < 4.78 is 44.5. The number of likely N-dealkylation sites (tertiary alicyclic amines) is 1. The van der Waals surface area contributed by atoms with E-state index in [1.165, 1.54) is 18.2 Å². The largest absolute Gasteiger partial charge is 0.467 e. The van der Waals surface area contributed by atoms with Crippen LogP contribution in [0.15, 0.2) is 47.1 Å². The van der Waals surface area contributed by atoms with Gasteiger partial charge in [0.1, 0.15) is 5.76 Å². The van der Waals surface area contributed by atoms with Crippen molar-refractivity contribution in [1.82, 2.24) is 10.2 Å². The molecule has 2 heterocycles. The average Bonchev–Trinajstić information content (AvgIpc) is 3.25. The fraction of sp³-hybridized carbons (Fsp3) is 0.429. The molecule has 9 heteroatoms. The summed E-state index contributed by atoms with van der Waals surface area (Å²) in [6.07, 6.45) is -1.87. The van der Waals surface area contributed by atoms with Crippen LogP contribution in [0.25, 0.3) is 0 Å². The lowest BCUT2D eigenvalue weighted by molar-refractivity contribution is -0.137. The Balaban J connectivity index is 1.51. The summed E-state index contributed by atoms with van der Waals surface area (Å²) in [5.41, 5.74) is -1.13. The van der Waals surface area contributed by atoms with Crippen molar-refractivity contribution in [3.63, 3.8) is 0 Å². The Morgan fingerprint density at radius 2 is 1.87 bits per heavy atom. The maximum atomic E-state index is 13.1. The van der Waals surface area contributed by atoms with Gasteiger partial charge in [-0.2, -0.15) is 13.2 Å². The molecule has 2 amide bonds. The second-order valence-corrected chi connectivity index (χ2v) is 7.32. The summed E-state index contributed by atoms with van der Waals surface area (Å²) in [6.45, 7) is 3.00. The van der Waals surface area contributed by atoms with E-state index in [9.17, 15) is 22.8 Å². The van der Waals surface area contributed by atoms with Gasteiger partial charge in [-0.05, 0) is 57.1 Å². The van der Waals surface area contributed by atoms with Crippen molar-refractivity contribution in [3.05, 3.63) is 54.0 Å². The van der Waals surface area contributed by atoms with Crippen molar-refractivity contribution in [1.29, 1.82) is 0 Å². The van der Waals surface area contributed by atoms with Crippen molar-refractivity contribution in [2.45, 2.75) is 38.5 Å². The third-order valence-electron chi connectivity index (χ3n) is 5.33. The van der Waals surface area contributed by atoms with Crippen LogP contribution in [0.2, 0.25) is 0 Å². The zero-order valence-corrected chi connectivity index (χ0v) is 16.5. The molecule has 30 heavy (non-hydrogen) atoms. The highest BCUT2D eigenvalue weighted by Crippen LogP contribution is 2.34. The van der Waals surface area contributed by atoms with Gasteiger partial charge in [0.05, 0.1) is 30.1 Å². The Morgan fingerprint density at radius 1 is 1.17 bits per heavy atom. The first-order valence-electron chi connectivity index (χ1n) is 9.77. The SMILES string of the molecule is CC(C(=O)Nc1ccccc1C(F)(F)F)N1CCC(C(=O)NCc2ccco2)CC1. The monoisotopic (exact) mass is 423 g/mol. The molecule has 1 unspecified atom stereocenters. The zero-order chi connectivity index (χ0) is 21.7. The number of halogens is 3. The van der Waals surface area contributed by atoms with Crippen LogP contribution < -0.4 is 10.6 Å². The van der Waals surface area contributed by atoms with Gasteiger partial charge in [0, 0.05) is 5.92 Å². The Kier molecular flexibility index (Phi) is 6.81. The molecule has 0 spiro atoms. The normalized spacial score (nSPS) is 16.8. The van der Waals surface area contributed by atoms with Crippen LogP contribution in [0.3, 0.4) is 0 Å². The van der Waals surface area contributed by atoms with E-state index in [0.29, 0.717) is 38.2 Å². The summed E-state index contributed by atoms with van der Waals surface area (Å²) >= 11 is 0. The maximum Gasteiger partial charge on any atom is 0.418 e. The number of piperidine rings is 1. The van der Waals surface area contributed by atoms with Gasteiger partial charge in [-0.3, -0.25) is 14.5 Å². The summed E-state index contributed by atoms with van der Waals surface area (Å²) in [4.78, 5) is 26.7. The average molecular weight is 423 g/mol. The predicted molar refractivity (Wildman–Crippen MR) is 104 cm³/mol. The topological polar surface area (TPSA) is 74.6 Å². The first kappa shape index (κ1) is 21.9. The number of para-hydroxylation sites is 1. The fourth-order valence-corrected chi connectivity index (χ4v) is 3.52. The number of rotatable bonds is 6. The van der Waals surface area contributed by atoms with Gasteiger partial charge in [0.25, 0.3) is 0 Å². The molecule has 1 saturated heterocycles. The number of carbonyl (C=O) groups is 2. The van der Waals surface area contributed by atoms with Crippen LogP contribution in [0, 0.1) is 5.92 Å². The van der Waals surface area contributed by atoms with Crippen molar-refractivity contribution in [2.24, 2.45) is 5.92 Å². The second kappa shape index (κ2) is 9.34. The van der Waals surface area contributed by atoms with Crippen LogP contribution in [-0.2, 0) is 22.3 Å². The number of furan rings is 1. The van der Waals surface area contributed by atoms with Gasteiger partial charge in [-0.25, -0.2) is 0 Å². The zero-order valence-electron chi connectivity index (χ0n) is 16.5. The van der Waals surface area contributed by atoms with E-state index < -0.39 is 23.7 Å². The molecule has 0 radical (unpaired) electrons. The van der Waals surface area contributed by atoms with Crippen LogP contribution in [-0.4, -0.2) is 35.8 Å². The Labute approximate surface area is 172 Å². The molecule has 1 aliphatic rings. The molecule has 2 aromatic rings. The lowest BCUT2D eigenvalue weighted by Crippen LogP contribution is -2.48. The van der Waals surface area contributed by atoms with Gasteiger partial charge in [-0.15, -0.1) is 0 Å². The quantitative estimate of drug-likeness (QED) is 0.744. The lowest BCUT2D eigenvalue weighted by atomic mass is 9.95. The highest BCUT2D eigenvalue weighted by atomic mass is 19.4. The molecule has 2 N–H and O–H groups in total. The minimum absolute atomic E-state index is 0.0674. The fourth-order valence-electron chi connectivity index (χ4n) is 3.52. The van der Waals surface area contributed by atoms with Crippen LogP contribution in [0.4, 0.5) is 18.9 Å². The molecule has 0 bridgehead atoms. The highest BCUT2D eigenvalue weighted by Gasteiger charge is 2.35. The Hall–Kier alpha value is -2.81. The molecule has 1 aromatic carbocycles. The maximum absolute atomic E-state index is 13.1. The number of nitrogens with zero attached hydrogens (tertiary/aromatic N) is 1. The molecule has 6 nitrogen and oxygen atoms in total. The number of hydrogen-bond donors (Lipinski definition) is 2. The van der Waals surface area contributed by atoms with E-state index in [2.05, 4.69) is 10.6 Å². The van der Waals surface area contributed by atoms with Crippen molar-refractivity contribution in [3.8, 4) is 0 Å². The molecule has 1 aromatic heterocycles. The molecule has 1 fully saturated rings. The number of anilines is 1. The van der Waals surface area contributed by atoms with Gasteiger partial charge >= 0.3 is 6.18 Å². The first-order valence-corrected chi connectivity index (χ1v) is 9.77. The summed E-state index contributed by atoms with van der Waals surface area (Å²) in [7, 11) is 0. The number of benzene rings is 1. The van der Waals surface area contributed by atoms with Gasteiger partial charge in [0.15, 0.2) is 0 Å². The summed E-state index contributed by atoms with van der Waals surface area (Å²) in [6, 6.07) is 7.82. The molecule has 3 rings (SSSR count). The van der Waals surface area contributed by atoms with E-state index in [0.717, 1.165) is 6.07 Å². The van der Waals surface area contributed by atoms with Crippen molar-refractivity contribution >= 4 is 17.5 Å². The first-order chi connectivity index (χ1) is 14.3. The molecule has 1 atom stereocenters. The number of amides is 2. The minimum Gasteiger partial charge on any atom is -0.467 e. The second-order valence-electron chi connectivity index (χ2n) is 7.32. The van der Waals surface area contributed by atoms with E-state index in [1.807, 2.05) is 4.90 Å². The molecule has 1 aliphatic heterocycles. The number of carbonyl (C=O) groups excluding carboxylic acids is 2. The van der Waals surface area contributed by atoms with Crippen LogP contribution in [0.5, 0.6) is 0 Å². The molecule has 162 valence electrons. The van der Waals surface area contributed by atoms with Crippen molar-refractivity contribution < 1.29 is 27.2 Å². The molecular formula is C21H24F3N3O3. The lowest BCUT2D eigenvalue weighted by Gasteiger charge is -2.34. The van der Waals surface area contributed by atoms with E-state index >= 15 is 0 Å². The Bertz CT molecular complexity index is 860. The molecule has 0 aliphatic carbocycles. The third-order valence-corrected chi connectivity index (χ3v) is 5.33. The Morgan fingerprint density at radius 3 is 2.50 bits per heavy atom. The van der Waals surface area contributed by atoms with Crippen LogP contribution >= 0.6 is 0 Å². The van der Waals surface area contributed by atoms with Crippen LogP contribution in [0.1, 0.15) is 31.1 Å². The minimum atomic E-state index is -4.55. The standard InChI is InChI=1S/C21H24F3N3O3/c1-14(19(28)26-18-7-3-2-6-17(18)21(22,23)24)27-10-8-15(9-11-27)20(29)25-13-16-5-4-12-30-16/h2-7,12,14-15H,8-11,13H2,1H3,(H,25,29)(H,26,28). The van der Waals surface area contributed by atoms with E-state index in [-0.39, 0.29) is 17.5 Å². The number of nitrogens with one attached hydrogen (secondary N) is 2. The van der Waals surface area contributed by atoms with E-state index in [4.69, 9.17) is 4.42 Å². The summed E-state index contributed by atoms with van der Waals surface area (Å²) in [5, 5.41) is 5.23. The van der Waals surface area contributed by atoms with Gasteiger partial charge in [0.2, 0.25) is 11.8 Å². The van der Waals surface area contributed by atoms with Gasteiger partial charge < -0.3 is 15.1 Å². The summed E-state index contributed by atoms with van der Waals surface area (Å²) in [5.74, 6) is -0.0719. The van der Waals surface area contributed by atoms with E-state index in [1.54, 1.807) is 25.3 Å². The smallest absolute Gasteiger partial charge is 0.418 e. The van der Waals surface area contributed by atoms with Gasteiger partial charge in [-0.1, -0.05) is 12.1 Å². The highest BCUT2D eigenvalue weighted by molar-refractivity contribution is 5.95. The molecular weight excluding hydrogens is 399 g/mol. The number of alkyl halides is 3. The van der Waals surface area contributed by atoms with Crippen molar-refractivity contribution in [2.75, 3.05) is 18.4 Å². The molecule has 0 saturated carbocycles. The number of hydrogen-bond acceptors (Lipinski definition) is 4.